The van der Waals surface area contributed by atoms with E-state index in [4.69, 9.17) is 4.74 Å². The van der Waals surface area contributed by atoms with Crippen LogP contribution < -0.4 is 5.32 Å². The van der Waals surface area contributed by atoms with Crippen LogP contribution in [0.5, 0.6) is 0 Å². The Labute approximate surface area is 133 Å². The molecule has 2 rings (SSSR count). The minimum atomic E-state index is 0.0704. The van der Waals surface area contributed by atoms with Gasteiger partial charge in [-0.15, -0.1) is 0 Å². The topological polar surface area (TPSA) is 41.6 Å². The van der Waals surface area contributed by atoms with Crippen molar-refractivity contribution in [3.05, 3.63) is 35.4 Å². The average Bonchev–Trinajstić information content (AvgIpc) is 2.89. The van der Waals surface area contributed by atoms with Crippen molar-refractivity contribution in [3.8, 4) is 0 Å². The van der Waals surface area contributed by atoms with Crippen molar-refractivity contribution in [1.82, 2.24) is 10.2 Å². The summed E-state index contributed by atoms with van der Waals surface area (Å²) in [4.78, 5) is 14.3. The number of likely N-dealkylation sites (tertiary alicyclic amines) is 1. The molecule has 22 heavy (non-hydrogen) atoms. The number of amides is 2. The van der Waals surface area contributed by atoms with Gasteiger partial charge in [-0.05, 0) is 44.2 Å². The first-order chi connectivity index (χ1) is 10.6. The highest BCUT2D eigenvalue weighted by Crippen LogP contribution is 2.33. The van der Waals surface area contributed by atoms with Crippen molar-refractivity contribution in [2.45, 2.75) is 45.1 Å². The first kappa shape index (κ1) is 16.8. The summed E-state index contributed by atoms with van der Waals surface area (Å²) < 4.78 is 5.02. The van der Waals surface area contributed by atoms with E-state index in [1.54, 1.807) is 7.11 Å². The molecule has 0 aromatic heterocycles. The van der Waals surface area contributed by atoms with E-state index >= 15 is 0 Å². The highest BCUT2D eigenvalue weighted by Gasteiger charge is 2.33. The molecule has 2 atom stereocenters. The number of ether oxygens (including phenoxy) is 1. The van der Waals surface area contributed by atoms with Gasteiger partial charge in [-0.2, -0.15) is 0 Å². The molecular weight excluding hydrogens is 276 g/mol. The quantitative estimate of drug-likeness (QED) is 0.819. The number of methoxy groups -OCH3 is 1. The van der Waals surface area contributed by atoms with Crippen molar-refractivity contribution in [2.75, 3.05) is 26.8 Å². The third-order valence-corrected chi connectivity index (χ3v) is 4.52. The van der Waals surface area contributed by atoms with Crippen LogP contribution in [0.25, 0.3) is 0 Å². The van der Waals surface area contributed by atoms with Gasteiger partial charge in [-0.1, -0.05) is 24.3 Å². The number of unbranched alkanes of at least 4 members (excludes halogenated alkanes) is 1. The van der Waals surface area contributed by atoms with Gasteiger partial charge in [0.05, 0.1) is 0 Å². The molecule has 0 bridgehead atoms. The predicted molar refractivity (Wildman–Crippen MR) is 89.2 cm³/mol. The zero-order valence-electron chi connectivity index (χ0n) is 14.0. The molecule has 1 saturated heterocycles. The molecule has 2 amide bonds. The fourth-order valence-electron chi connectivity index (χ4n) is 3.25. The minimum absolute atomic E-state index is 0.0704. The molecule has 0 spiro atoms. The predicted octanol–water partition coefficient (Wildman–Crippen LogP) is 3.31. The first-order valence-corrected chi connectivity index (χ1v) is 8.22. The van der Waals surface area contributed by atoms with Crippen LogP contribution in [0.15, 0.2) is 24.3 Å². The third kappa shape index (κ3) is 4.23. The van der Waals surface area contributed by atoms with E-state index in [1.165, 1.54) is 11.1 Å². The van der Waals surface area contributed by atoms with E-state index in [0.29, 0.717) is 12.0 Å². The molecule has 0 saturated carbocycles. The summed E-state index contributed by atoms with van der Waals surface area (Å²) in [5.74, 6) is 0.454. The Balaban J connectivity index is 1.85. The lowest BCUT2D eigenvalue weighted by Gasteiger charge is -2.22. The van der Waals surface area contributed by atoms with Gasteiger partial charge in [0.25, 0.3) is 0 Å². The normalized spacial score (nSPS) is 21.1. The molecule has 0 aliphatic carbocycles. The van der Waals surface area contributed by atoms with E-state index in [-0.39, 0.29) is 6.03 Å². The van der Waals surface area contributed by atoms with Gasteiger partial charge in [0.2, 0.25) is 0 Å². The summed E-state index contributed by atoms with van der Waals surface area (Å²) in [6.45, 7) is 6.59. The second kappa shape index (κ2) is 8.18. The largest absolute Gasteiger partial charge is 0.385 e. The third-order valence-electron chi connectivity index (χ3n) is 4.52. The van der Waals surface area contributed by atoms with E-state index in [1.807, 2.05) is 4.90 Å². The maximum Gasteiger partial charge on any atom is 0.317 e. The Kier molecular flexibility index (Phi) is 6.25. The number of aryl methyl sites for hydroxylation is 1. The van der Waals surface area contributed by atoms with Gasteiger partial charge >= 0.3 is 6.03 Å². The number of hydrogen-bond acceptors (Lipinski definition) is 2. The maximum absolute atomic E-state index is 12.3. The van der Waals surface area contributed by atoms with Gasteiger partial charge in [-0.25, -0.2) is 4.79 Å². The molecule has 1 N–H and O–H groups in total. The Morgan fingerprint density at radius 1 is 1.36 bits per heavy atom. The monoisotopic (exact) mass is 304 g/mol. The van der Waals surface area contributed by atoms with Crippen molar-refractivity contribution >= 4 is 6.03 Å². The van der Waals surface area contributed by atoms with Crippen LogP contribution in [0, 0.1) is 6.92 Å². The lowest BCUT2D eigenvalue weighted by molar-refractivity contribution is 0.187. The molecule has 0 radical (unpaired) electrons. The van der Waals surface area contributed by atoms with Gasteiger partial charge < -0.3 is 15.0 Å². The molecule has 4 nitrogen and oxygen atoms in total. The number of benzene rings is 1. The number of carbonyl (C=O) groups is 1. The van der Waals surface area contributed by atoms with Crippen LogP contribution in [0.3, 0.4) is 0 Å². The molecule has 1 aliphatic heterocycles. The Morgan fingerprint density at radius 2 is 2.14 bits per heavy atom. The second-order valence-corrected chi connectivity index (χ2v) is 6.22. The number of hydrogen-bond donors (Lipinski definition) is 1. The zero-order chi connectivity index (χ0) is 15.9. The van der Waals surface area contributed by atoms with Crippen LogP contribution >= 0.6 is 0 Å². The number of nitrogens with one attached hydrogen (secondary N) is 1. The smallest absolute Gasteiger partial charge is 0.317 e. The molecule has 122 valence electrons. The SMILES string of the molecule is COCCCCNC(=O)N1C[C@H](c2ccccc2C)C[C@H]1C. The van der Waals surface area contributed by atoms with Gasteiger partial charge in [0.1, 0.15) is 0 Å². The van der Waals surface area contributed by atoms with Crippen molar-refractivity contribution in [3.63, 3.8) is 0 Å². The highest BCUT2D eigenvalue weighted by molar-refractivity contribution is 5.75. The Hall–Kier alpha value is -1.55. The molecule has 4 heteroatoms. The van der Waals surface area contributed by atoms with E-state index in [9.17, 15) is 4.79 Å². The first-order valence-electron chi connectivity index (χ1n) is 8.22. The Morgan fingerprint density at radius 3 is 2.86 bits per heavy atom. The van der Waals surface area contributed by atoms with Crippen molar-refractivity contribution < 1.29 is 9.53 Å². The molecule has 1 aliphatic rings. The Bertz CT molecular complexity index is 490. The summed E-state index contributed by atoms with van der Waals surface area (Å²) in [6.07, 6.45) is 2.99. The van der Waals surface area contributed by atoms with Crippen LogP contribution in [0.2, 0.25) is 0 Å². The van der Waals surface area contributed by atoms with Gasteiger partial charge in [0.15, 0.2) is 0 Å². The summed E-state index contributed by atoms with van der Waals surface area (Å²) in [5, 5.41) is 3.03. The standard InChI is InChI=1S/C18H28N2O2/c1-14-8-4-5-9-17(14)16-12-15(2)20(13-16)18(21)19-10-6-7-11-22-3/h4-5,8-9,15-16H,6-7,10-13H2,1-3H3,(H,19,21)/t15-,16-/m1/s1. The molecular formula is C18H28N2O2. The highest BCUT2D eigenvalue weighted by atomic mass is 16.5. The summed E-state index contributed by atoms with van der Waals surface area (Å²) in [7, 11) is 1.70. The molecule has 1 fully saturated rings. The number of urea groups is 1. The van der Waals surface area contributed by atoms with Crippen LogP contribution in [0.1, 0.15) is 43.2 Å². The van der Waals surface area contributed by atoms with Crippen molar-refractivity contribution in [1.29, 1.82) is 0 Å². The minimum Gasteiger partial charge on any atom is -0.385 e. The fraction of sp³-hybridized carbons (Fsp3) is 0.611. The number of nitrogens with zero attached hydrogens (tertiary/aromatic N) is 1. The molecule has 1 aromatic rings. The van der Waals surface area contributed by atoms with Crippen molar-refractivity contribution in [2.24, 2.45) is 0 Å². The van der Waals surface area contributed by atoms with Gasteiger partial charge in [0, 0.05) is 38.8 Å². The fourth-order valence-corrected chi connectivity index (χ4v) is 3.25. The summed E-state index contributed by atoms with van der Waals surface area (Å²) in [5.41, 5.74) is 2.70. The van der Waals surface area contributed by atoms with Crippen LogP contribution in [-0.4, -0.2) is 43.8 Å². The molecule has 0 unspecified atom stereocenters. The van der Waals surface area contributed by atoms with E-state index < -0.39 is 0 Å². The molecule has 1 heterocycles. The lowest BCUT2D eigenvalue weighted by Crippen LogP contribution is -2.42. The summed E-state index contributed by atoms with van der Waals surface area (Å²) >= 11 is 0. The number of rotatable bonds is 6. The van der Waals surface area contributed by atoms with Gasteiger partial charge in [-0.3, -0.25) is 0 Å². The van der Waals surface area contributed by atoms with E-state index in [0.717, 1.165) is 39.0 Å². The second-order valence-electron chi connectivity index (χ2n) is 6.22. The molecule has 1 aromatic carbocycles. The van der Waals surface area contributed by atoms with Crippen LogP contribution in [-0.2, 0) is 4.74 Å². The number of carbonyl (C=O) groups excluding carboxylic acids is 1. The summed E-state index contributed by atoms with van der Waals surface area (Å²) in [6, 6.07) is 8.87. The average molecular weight is 304 g/mol. The van der Waals surface area contributed by atoms with Crippen LogP contribution in [0.4, 0.5) is 4.79 Å². The van der Waals surface area contributed by atoms with E-state index in [2.05, 4.69) is 43.4 Å². The maximum atomic E-state index is 12.3. The zero-order valence-corrected chi connectivity index (χ0v) is 14.0. The lowest BCUT2D eigenvalue weighted by atomic mass is 9.93.